The summed E-state index contributed by atoms with van der Waals surface area (Å²) in [5.74, 6) is 1.00. The normalized spacial score (nSPS) is 14.7. The van der Waals surface area contributed by atoms with Gasteiger partial charge in [-0.3, -0.25) is 14.9 Å². The van der Waals surface area contributed by atoms with Gasteiger partial charge < -0.3 is 9.47 Å². The number of amides is 1. The zero-order valence-corrected chi connectivity index (χ0v) is 15.3. The van der Waals surface area contributed by atoms with Gasteiger partial charge in [0.05, 0.1) is 10.6 Å². The maximum Gasteiger partial charge on any atom is 0.269 e. The number of non-ortho nitro benzene ring substituents is 1. The molecule has 1 amide bonds. The Labute approximate surface area is 160 Å². The number of hydrogen-bond donors (Lipinski definition) is 0. The molecule has 0 saturated carbocycles. The molecule has 8 heteroatoms. The first-order valence-corrected chi connectivity index (χ1v) is 8.76. The molecule has 0 aromatic heterocycles. The van der Waals surface area contributed by atoms with Crippen molar-refractivity contribution >= 4 is 23.4 Å². The molecule has 0 radical (unpaired) electrons. The summed E-state index contributed by atoms with van der Waals surface area (Å²) >= 11 is 0. The number of allylic oxidation sites excluding steroid dienone is 1. The highest BCUT2D eigenvalue weighted by Crippen LogP contribution is 2.38. The van der Waals surface area contributed by atoms with Gasteiger partial charge >= 0.3 is 0 Å². The summed E-state index contributed by atoms with van der Waals surface area (Å²) in [4.78, 5) is 22.8. The minimum Gasteiger partial charge on any atom is -0.454 e. The van der Waals surface area contributed by atoms with Gasteiger partial charge in [-0.2, -0.15) is 5.10 Å². The summed E-state index contributed by atoms with van der Waals surface area (Å²) in [6, 6.07) is 9.77. The van der Waals surface area contributed by atoms with E-state index in [9.17, 15) is 14.9 Å². The Morgan fingerprint density at radius 1 is 1.21 bits per heavy atom. The number of nitrogens with zero attached hydrogens (tertiary/aromatic N) is 3. The Morgan fingerprint density at radius 3 is 2.50 bits per heavy atom. The first-order chi connectivity index (χ1) is 13.5. The van der Waals surface area contributed by atoms with Crippen LogP contribution >= 0.6 is 0 Å². The lowest BCUT2D eigenvalue weighted by Gasteiger charge is -2.17. The Bertz CT molecular complexity index is 1040. The van der Waals surface area contributed by atoms with E-state index in [2.05, 4.69) is 5.10 Å². The fraction of sp³-hybridized carbons (Fsp3) is 0.200. The molecule has 8 nitrogen and oxygen atoms in total. The molecule has 0 spiro atoms. The van der Waals surface area contributed by atoms with Crippen molar-refractivity contribution in [3.63, 3.8) is 0 Å². The van der Waals surface area contributed by atoms with Crippen LogP contribution in [0.1, 0.15) is 37.0 Å². The minimum atomic E-state index is -0.455. The van der Waals surface area contributed by atoms with Crippen LogP contribution in [0, 0.1) is 10.1 Å². The highest BCUT2D eigenvalue weighted by Gasteiger charge is 2.25. The van der Waals surface area contributed by atoms with Crippen molar-refractivity contribution in [3.05, 3.63) is 68.9 Å². The quantitative estimate of drug-likeness (QED) is 0.599. The average molecular weight is 379 g/mol. The third-order valence-electron chi connectivity index (χ3n) is 4.61. The van der Waals surface area contributed by atoms with Gasteiger partial charge in [0.25, 0.3) is 5.69 Å². The number of rotatable bonds is 3. The molecule has 2 aromatic carbocycles. The van der Waals surface area contributed by atoms with E-state index < -0.39 is 4.92 Å². The molecule has 0 fully saturated rings. The lowest BCUT2D eigenvalue weighted by molar-refractivity contribution is -0.384. The number of benzene rings is 2. The third kappa shape index (κ3) is 2.98. The van der Waals surface area contributed by atoms with E-state index in [1.165, 1.54) is 24.1 Å². The molecular formula is C20H17N3O5. The van der Waals surface area contributed by atoms with E-state index in [0.29, 0.717) is 29.2 Å². The van der Waals surface area contributed by atoms with E-state index in [0.717, 1.165) is 16.8 Å². The number of hydrogen-bond acceptors (Lipinski definition) is 6. The summed E-state index contributed by atoms with van der Waals surface area (Å²) in [5.41, 5.74) is 3.50. The van der Waals surface area contributed by atoms with Gasteiger partial charge in [-0.1, -0.05) is 6.92 Å². The van der Waals surface area contributed by atoms with Crippen LogP contribution in [0.4, 0.5) is 5.69 Å². The second-order valence-electron chi connectivity index (χ2n) is 6.37. The minimum absolute atomic E-state index is 0.0142. The van der Waals surface area contributed by atoms with Crippen LogP contribution < -0.4 is 9.47 Å². The van der Waals surface area contributed by atoms with Crippen LogP contribution in [0.5, 0.6) is 11.5 Å². The standard InChI is InChI=1S/C20H17N3O5/c1-3-15-8-14-9-18-19(28-11-27-18)10-17(14)20(21-22(15)12(2)24)13-4-6-16(7-5-13)23(25)26/h4-10H,3,11H2,1-2H3. The molecule has 0 aliphatic carbocycles. The molecule has 0 unspecified atom stereocenters. The molecule has 2 aliphatic rings. The molecule has 2 aromatic rings. The highest BCUT2D eigenvalue weighted by atomic mass is 16.7. The summed E-state index contributed by atoms with van der Waals surface area (Å²) < 4.78 is 11.0. The second-order valence-corrected chi connectivity index (χ2v) is 6.37. The fourth-order valence-electron chi connectivity index (χ4n) is 3.22. The Kier molecular flexibility index (Phi) is 4.31. The fourth-order valence-corrected chi connectivity index (χ4v) is 3.22. The number of nitro groups is 1. The van der Waals surface area contributed by atoms with Crippen LogP contribution in [0.2, 0.25) is 0 Å². The van der Waals surface area contributed by atoms with Crippen LogP contribution in [0.3, 0.4) is 0 Å². The highest BCUT2D eigenvalue weighted by molar-refractivity contribution is 6.16. The van der Waals surface area contributed by atoms with Gasteiger partial charge in [-0.05, 0) is 42.3 Å². The van der Waals surface area contributed by atoms with Gasteiger partial charge in [-0.15, -0.1) is 0 Å². The molecule has 142 valence electrons. The summed E-state index contributed by atoms with van der Waals surface area (Å²) in [7, 11) is 0. The monoisotopic (exact) mass is 379 g/mol. The van der Waals surface area contributed by atoms with Gasteiger partial charge in [0.15, 0.2) is 11.5 Å². The van der Waals surface area contributed by atoms with Crippen LogP contribution in [-0.4, -0.2) is 28.3 Å². The van der Waals surface area contributed by atoms with Crippen molar-refractivity contribution in [3.8, 4) is 11.5 Å². The maximum absolute atomic E-state index is 12.2. The van der Waals surface area contributed by atoms with Gasteiger partial charge in [0.2, 0.25) is 12.7 Å². The first-order valence-electron chi connectivity index (χ1n) is 8.76. The number of fused-ring (bicyclic) bond motifs is 2. The van der Waals surface area contributed by atoms with E-state index in [-0.39, 0.29) is 18.4 Å². The molecule has 2 aliphatic heterocycles. The van der Waals surface area contributed by atoms with E-state index in [4.69, 9.17) is 9.47 Å². The number of carbonyl (C=O) groups excluding carboxylic acids is 1. The molecule has 28 heavy (non-hydrogen) atoms. The van der Waals surface area contributed by atoms with Crippen molar-refractivity contribution in [1.82, 2.24) is 5.01 Å². The first kappa shape index (κ1) is 17.7. The van der Waals surface area contributed by atoms with Crippen molar-refractivity contribution in [2.45, 2.75) is 20.3 Å². The predicted molar refractivity (Wildman–Crippen MR) is 102 cm³/mol. The Balaban J connectivity index is 1.93. The molecule has 4 rings (SSSR count). The molecule has 0 saturated heterocycles. The van der Waals surface area contributed by atoms with Crippen LogP contribution in [-0.2, 0) is 4.79 Å². The maximum atomic E-state index is 12.2. The topological polar surface area (TPSA) is 94.3 Å². The van der Waals surface area contributed by atoms with Crippen LogP contribution in [0.25, 0.3) is 6.08 Å². The van der Waals surface area contributed by atoms with E-state index in [1.807, 2.05) is 25.1 Å². The molecule has 0 bridgehead atoms. The van der Waals surface area contributed by atoms with Crippen LogP contribution in [0.15, 0.2) is 47.2 Å². The average Bonchev–Trinajstić information content (AvgIpc) is 3.07. The predicted octanol–water partition coefficient (Wildman–Crippen LogP) is 3.69. The van der Waals surface area contributed by atoms with Gasteiger partial charge in [0.1, 0.15) is 0 Å². The summed E-state index contributed by atoms with van der Waals surface area (Å²) in [6.07, 6.45) is 2.51. The van der Waals surface area contributed by atoms with Crippen molar-refractivity contribution in [2.24, 2.45) is 5.10 Å². The van der Waals surface area contributed by atoms with Crippen molar-refractivity contribution in [2.75, 3.05) is 6.79 Å². The molecule has 0 N–H and O–H groups in total. The van der Waals surface area contributed by atoms with E-state index >= 15 is 0 Å². The molecule has 2 heterocycles. The lowest BCUT2D eigenvalue weighted by atomic mass is 9.96. The third-order valence-corrected chi connectivity index (χ3v) is 4.61. The van der Waals surface area contributed by atoms with Gasteiger partial charge in [0, 0.05) is 35.9 Å². The largest absolute Gasteiger partial charge is 0.454 e. The van der Waals surface area contributed by atoms with E-state index in [1.54, 1.807) is 12.1 Å². The zero-order chi connectivity index (χ0) is 19.8. The van der Waals surface area contributed by atoms with Gasteiger partial charge in [-0.25, -0.2) is 5.01 Å². The zero-order valence-electron chi connectivity index (χ0n) is 15.3. The Hall–Kier alpha value is -3.68. The summed E-state index contributed by atoms with van der Waals surface area (Å²) in [5, 5.41) is 16.9. The van der Waals surface area contributed by atoms with Crippen molar-refractivity contribution < 1.29 is 19.2 Å². The smallest absolute Gasteiger partial charge is 0.269 e. The lowest BCUT2D eigenvalue weighted by Crippen LogP contribution is -2.23. The Morgan fingerprint density at radius 2 is 1.89 bits per heavy atom. The van der Waals surface area contributed by atoms with Crippen molar-refractivity contribution in [1.29, 1.82) is 0 Å². The molecule has 0 atom stereocenters. The molecular weight excluding hydrogens is 362 g/mol. The summed E-state index contributed by atoms with van der Waals surface area (Å²) in [6.45, 7) is 3.54. The SMILES string of the molecule is CCC1=Cc2cc3c(cc2C(c2ccc([N+](=O)[O-])cc2)=NN1C(C)=O)OCO3. The second kappa shape index (κ2) is 6.80. The number of nitro benzene ring substituents is 1. The number of carbonyl (C=O) groups is 1. The number of hydrazone groups is 1. The number of ether oxygens (including phenoxy) is 2.